The van der Waals surface area contributed by atoms with Crippen molar-refractivity contribution < 1.29 is 23.6 Å². The van der Waals surface area contributed by atoms with Gasteiger partial charge in [0.05, 0.1) is 12.6 Å². The highest BCUT2D eigenvalue weighted by molar-refractivity contribution is 7.09. The lowest BCUT2D eigenvalue weighted by molar-refractivity contribution is -0.130. The molecule has 13 nitrogen and oxygen atoms in total. The number of likely N-dealkylation sites (N-methyl/N-ethyl adjacent to an activating group) is 1. The summed E-state index contributed by atoms with van der Waals surface area (Å²) in [6.07, 6.45) is 6.57. The number of hydrogen-bond donors (Lipinski definition) is 7. The molecule has 1 aliphatic rings. The second-order valence-electron chi connectivity index (χ2n) is 13.9. The quantitative estimate of drug-likeness (QED) is 0.0515. The molecule has 1 fully saturated rings. The fourth-order valence-corrected chi connectivity index (χ4v) is 7.40. The number of nitrogens with zero attached hydrogens (tertiary/aromatic N) is 2. The van der Waals surface area contributed by atoms with Crippen LogP contribution in [-0.4, -0.2) is 73.3 Å². The molecule has 15 heteroatoms. The third kappa shape index (κ3) is 13.8. The lowest BCUT2D eigenvalue weighted by Gasteiger charge is -2.28. The molecule has 9 N–H and O–H groups in total. The number of guanidine groups is 1. The lowest BCUT2D eigenvalue weighted by atomic mass is 9.84. The first-order chi connectivity index (χ1) is 26.0. The van der Waals surface area contributed by atoms with Gasteiger partial charge in [-0.25, -0.2) is 9.37 Å². The van der Waals surface area contributed by atoms with E-state index >= 15 is 0 Å². The van der Waals surface area contributed by atoms with E-state index in [4.69, 9.17) is 11.5 Å². The van der Waals surface area contributed by atoms with Crippen molar-refractivity contribution in [3.63, 3.8) is 0 Å². The molecular weight excluding hydrogens is 710 g/mol. The minimum Gasteiger partial charge on any atom is -0.370 e. The largest absolute Gasteiger partial charge is 0.370 e. The van der Waals surface area contributed by atoms with Crippen LogP contribution in [0.25, 0.3) is 0 Å². The summed E-state index contributed by atoms with van der Waals surface area (Å²) < 4.78 is 13.6. The van der Waals surface area contributed by atoms with Crippen LogP contribution in [-0.2, 0) is 20.8 Å². The topological polar surface area (TPSA) is 206 Å². The summed E-state index contributed by atoms with van der Waals surface area (Å²) in [5.74, 6) is -1.76. The molecule has 54 heavy (non-hydrogen) atoms. The maximum atomic E-state index is 14.1. The third-order valence-corrected chi connectivity index (χ3v) is 10.5. The van der Waals surface area contributed by atoms with Gasteiger partial charge >= 0.3 is 0 Å². The van der Waals surface area contributed by atoms with Gasteiger partial charge < -0.3 is 38.1 Å². The number of aromatic nitrogens is 1. The Morgan fingerprint density at radius 1 is 0.944 bits per heavy atom. The van der Waals surface area contributed by atoms with Gasteiger partial charge in [-0.3, -0.25) is 24.2 Å². The SMILES string of the molecule is CNCC(=O)N[C@@H](Cc1ccc(F)cc1)c1nc(C(=O)N[C@@H](CC2CCCCC2)C(=O)N[C@@H](CCCN=C(N)N)C(=O)NCC(C)c2ccccc2)cs1. The Morgan fingerprint density at radius 3 is 2.35 bits per heavy atom. The number of halogens is 1. The molecule has 1 unspecified atom stereocenters. The van der Waals surface area contributed by atoms with E-state index in [1.165, 1.54) is 23.5 Å². The minimum atomic E-state index is -0.924. The van der Waals surface area contributed by atoms with E-state index in [0.29, 0.717) is 30.8 Å². The van der Waals surface area contributed by atoms with Gasteiger partial charge in [-0.05, 0) is 67.8 Å². The van der Waals surface area contributed by atoms with Gasteiger partial charge in [0.1, 0.15) is 28.6 Å². The predicted octanol–water partition coefficient (Wildman–Crippen LogP) is 3.43. The highest BCUT2D eigenvalue weighted by atomic mass is 32.1. The predicted molar refractivity (Wildman–Crippen MR) is 209 cm³/mol. The molecule has 4 rings (SSSR count). The molecule has 0 saturated heterocycles. The minimum absolute atomic E-state index is 0.0430. The Morgan fingerprint density at radius 2 is 1.67 bits per heavy atom. The smallest absolute Gasteiger partial charge is 0.271 e. The van der Waals surface area contributed by atoms with Crippen LogP contribution in [0.5, 0.6) is 0 Å². The highest BCUT2D eigenvalue weighted by Crippen LogP contribution is 2.28. The summed E-state index contributed by atoms with van der Waals surface area (Å²) in [6.45, 7) is 2.75. The molecule has 0 aliphatic heterocycles. The van der Waals surface area contributed by atoms with Crippen LogP contribution >= 0.6 is 11.3 Å². The van der Waals surface area contributed by atoms with Crippen molar-refractivity contribution in [2.45, 2.75) is 88.8 Å². The zero-order chi connectivity index (χ0) is 38.9. The van der Waals surface area contributed by atoms with Crippen molar-refractivity contribution in [1.29, 1.82) is 0 Å². The van der Waals surface area contributed by atoms with Crippen LogP contribution in [0.2, 0.25) is 0 Å². The van der Waals surface area contributed by atoms with Gasteiger partial charge in [0, 0.05) is 18.5 Å². The van der Waals surface area contributed by atoms with E-state index in [2.05, 4.69) is 36.6 Å². The van der Waals surface area contributed by atoms with Crippen LogP contribution in [0.4, 0.5) is 4.39 Å². The summed E-state index contributed by atoms with van der Waals surface area (Å²) in [6, 6.07) is 13.4. The monoisotopic (exact) mass is 763 g/mol. The molecule has 0 radical (unpaired) electrons. The van der Waals surface area contributed by atoms with E-state index in [1.807, 2.05) is 37.3 Å². The molecule has 1 aromatic heterocycles. The van der Waals surface area contributed by atoms with Crippen molar-refractivity contribution in [3.8, 4) is 0 Å². The van der Waals surface area contributed by atoms with Crippen molar-refractivity contribution in [2.24, 2.45) is 22.4 Å². The van der Waals surface area contributed by atoms with Crippen LogP contribution in [0, 0.1) is 11.7 Å². The average Bonchev–Trinajstić information content (AvgIpc) is 3.67. The fourth-order valence-electron chi connectivity index (χ4n) is 6.56. The number of aliphatic imine (C=N–C) groups is 1. The molecule has 4 atom stereocenters. The van der Waals surface area contributed by atoms with Gasteiger partial charge in [0.15, 0.2) is 5.96 Å². The van der Waals surface area contributed by atoms with Gasteiger partial charge in [-0.15, -0.1) is 11.3 Å². The van der Waals surface area contributed by atoms with E-state index in [-0.39, 0.29) is 60.6 Å². The number of carbonyl (C=O) groups excluding carboxylic acids is 4. The molecule has 1 aliphatic carbocycles. The van der Waals surface area contributed by atoms with Crippen LogP contribution < -0.4 is 38.1 Å². The summed E-state index contributed by atoms with van der Waals surface area (Å²) in [5, 5.41) is 16.7. The number of benzene rings is 2. The Kier molecular flexibility index (Phi) is 16.8. The molecule has 0 spiro atoms. The Hall–Kier alpha value is -4.89. The highest BCUT2D eigenvalue weighted by Gasteiger charge is 2.31. The molecule has 292 valence electrons. The Balaban J connectivity index is 1.50. The van der Waals surface area contributed by atoms with Crippen molar-refractivity contribution in [2.75, 3.05) is 26.7 Å². The lowest BCUT2D eigenvalue weighted by Crippen LogP contribution is -2.54. The van der Waals surface area contributed by atoms with Gasteiger partial charge in [0.2, 0.25) is 17.7 Å². The van der Waals surface area contributed by atoms with Crippen molar-refractivity contribution in [3.05, 3.63) is 87.6 Å². The Labute approximate surface area is 320 Å². The van der Waals surface area contributed by atoms with Crippen molar-refractivity contribution >= 4 is 40.9 Å². The summed E-state index contributed by atoms with van der Waals surface area (Å²) in [5.41, 5.74) is 13.0. The molecular formula is C39H54FN9O4S. The normalized spacial score (nSPS) is 15.2. The molecule has 3 aromatic rings. The zero-order valence-electron chi connectivity index (χ0n) is 31.1. The van der Waals surface area contributed by atoms with E-state index in [1.54, 1.807) is 24.6 Å². The van der Waals surface area contributed by atoms with Gasteiger partial charge in [-0.2, -0.15) is 0 Å². The van der Waals surface area contributed by atoms with E-state index in [9.17, 15) is 23.6 Å². The van der Waals surface area contributed by atoms with Crippen LogP contribution in [0.1, 0.15) is 96.9 Å². The third-order valence-electron chi connectivity index (χ3n) is 9.52. The average molecular weight is 764 g/mol. The maximum Gasteiger partial charge on any atom is 0.271 e. The second kappa shape index (κ2) is 21.7. The zero-order valence-corrected chi connectivity index (χ0v) is 31.9. The Bertz CT molecular complexity index is 1680. The first kappa shape index (κ1) is 41.9. The summed E-state index contributed by atoms with van der Waals surface area (Å²) in [7, 11) is 1.66. The fraction of sp³-hybridized carbons (Fsp3) is 0.487. The standard InChI is InChI=1S/C39H54FN9O4S/c1-25(28-12-7-4-8-13-28)22-45-35(51)30(14-9-19-44-39(41)42)47-36(52)31(20-26-10-5-3-6-11-26)48-37(53)33-24-54-38(49-33)32(46-34(50)23-43-2)21-27-15-17-29(40)18-16-27/h4,7-8,12-13,15-18,24-26,30-32,43H,3,5-6,9-11,14,19-23H2,1-2H3,(H,45,51)(H,46,50)(H,47,52)(H,48,53)(H4,41,42,44)/t25?,30-,31-,32-/m0/s1. The number of amides is 4. The number of hydrogen-bond acceptors (Lipinski definition) is 8. The van der Waals surface area contributed by atoms with E-state index in [0.717, 1.165) is 43.2 Å². The first-order valence-electron chi connectivity index (χ1n) is 18.7. The molecule has 2 aromatic carbocycles. The van der Waals surface area contributed by atoms with Crippen LogP contribution in [0.3, 0.4) is 0 Å². The molecule has 1 heterocycles. The molecule has 1 saturated carbocycles. The number of nitrogens with two attached hydrogens (primary N) is 2. The first-order valence-corrected chi connectivity index (χ1v) is 19.5. The van der Waals surface area contributed by atoms with Crippen LogP contribution in [0.15, 0.2) is 65.0 Å². The molecule has 0 bridgehead atoms. The second-order valence-corrected chi connectivity index (χ2v) is 14.8. The van der Waals surface area contributed by atoms with Crippen molar-refractivity contribution in [1.82, 2.24) is 31.6 Å². The number of thiazole rings is 1. The maximum absolute atomic E-state index is 14.1. The number of rotatable bonds is 20. The molecule has 4 amide bonds. The summed E-state index contributed by atoms with van der Waals surface area (Å²) in [4.78, 5) is 62.6. The number of carbonyl (C=O) groups is 4. The summed E-state index contributed by atoms with van der Waals surface area (Å²) >= 11 is 1.21. The van der Waals surface area contributed by atoms with Gasteiger partial charge in [-0.1, -0.05) is 81.5 Å². The van der Waals surface area contributed by atoms with Gasteiger partial charge in [0.25, 0.3) is 5.91 Å². The van der Waals surface area contributed by atoms with E-state index < -0.39 is 29.9 Å². The number of nitrogens with one attached hydrogen (secondary N) is 5.